The minimum Gasteiger partial charge on any atom is -0.362 e. The fraction of sp³-hybridized carbons (Fsp3) is 0.278. The van der Waals surface area contributed by atoms with Crippen LogP contribution in [0.25, 0.3) is 0 Å². The number of benzene rings is 1. The highest BCUT2D eigenvalue weighted by Gasteiger charge is 2.04. The van der Waals surface area contributed by atoms with Gasteiger partial charge in [-0.1, -0.05) is 12.1 Å². The van der Waals surface area contributed by atoms with Crippen molar-refractivity contribution in [1.82, 2.24) is 24.9 Å². The van der Waals surface area contributed by atoms with Crippen LogP contribution in [0, 0.1) is 12.7 Å². The standard InChI is InChI=1S/C18H20BrFN6S/c1-13-17(19)12-25(24-13)8-2-7-21-18(27)23-16-9-22-26(11-16)10-14-3-5-15(20)6-4-14/h3-6,9,11-12H,2,7-8,10H2,1H3,(H2,21,23,27). The van der Waals surface area contributed by atoms with E-state index < -0.39 is 0 Å². The Bertz CT molecular complexity index is 885. The van der Waals surface area contributed by atoms with Gasteiger partial charge in [0.2, 0.25) is 0 Å². The third-order valence-electron chi connectivity index (χ3n) is 3.88. The number of aryl methyl sites for hydroxylation is 2. The third kappa shape index (κ3) is 5.86. The lowest BCUT2D eigenvalue weighted by Crippen LogP contribution is -2.29. The molecule has 0 atom stereocenters. The van der Waals surface area contributed by atoms with E-state index >= 15 is 0 Å². The summed E-state index contributed by atoms with van der Waals surface area (Å²) in [4.78, 5) is 0. The summed E-state index contributed by atoms with van der Waals surface area (Å²) in [6.07, 6.45) is 6.45. The number of hydrogen-bond donors (Lipinski definition) is 2. The summed E-state index contributed by atoms with van der Waals surface area (Å²) >= 11 is 8.77. The van der Waals surface area contributed by atoms with Crippen molar-refractivity contribution in [1.29, 1.82) is 0 Å². The first kappa shape index (κ1) is 19.5. The Kier molecular flexibility index (Phi) is 6.57. The van der Waals surface area contributed by atoms with Gasteiger partial charge in [0.1, 0.15) is 5.82 Å². The van der Waals surface area contributed by atoms with Crippen LogP contribution in [0.2, 0.25) is 0 Å². The van der Waals surface area contributed by atoms with Crippen molar-refractivity contribution in [2.75, 3.05) is 11.9 Å². The number of rotatable bonds is 7. The minimum atomic E-state index is -0.242. The molecule has 0 unspecified atom stereocenters. The van der Waals surface area contributed by atoms with Gasteiger partial charge in [-0.2, -0.15) is 10.2 Å². The van der Waals surface area contributed by atoms with E-state index in [0.29, 0.717) is 11.7 Å². The Morgan fingerprint density at radius 1 is 1.22 bits per heavy atom. The summed E-state index contributed by atoms with van der Waals surface area (Å²) in [6.45, 7) is 4.10. The molecule has 0 saturated carbocycles. The highest BCUT2D eigenvalue weighted by atomic mass is 79.9. The summed E-state index contributed by atoms with van der Waals surface area (Å²) in [5, 5.41) is 15.5. The van der Waals surface area contributed by atoms with Crippen LogP contribution in [0.4, 0.5) is 10.1 Å². The number of hydrogen-bond acceptors (Lipinski definition) is 3. The maximum absolute atomic E-state index is 13.0. The molecule has 0 amide bonds. The van der Waals surface area contributed by atoms with Gasteiger partial charge in [-0.05, 0) is 59.2 Å². The van der Waals surface area contributed by atoms with Crippen LogP contribution in [0.3, 0.4) is 0 Å². The Morgan fingerprint density at radius 2 is 2.00 bits per heavy atom. The minimum absolute atomic E-state index is 0.242. The SMILES string of the molecule is Cc1nn(CCCNC(=S)Nc2cnn(Cc3ccc(F)cc3)c2)cc1Br. The zero-order chi connectivity index (χ0) is 19.2. The monoisotopic (exact) mass is 450 g/mol. The molecule has 0 bridgehead atoms. The summed E-state index contributed by atoms with van der Waals surface area (Å²) < 4.78 is 17.7. The molecule has 0 aliphatic rings. The van der Waals surface area contributed by atoms with Gasteiger partial charge < -0.3 is 10.6 Å². The molecule has 1 aromatic carbocycles. The van der Waals surface area contributed by atoms with Crippen LogP contribution in [-0.2, 0) is 13.1 Å². The van der Waals surface area contributed by atoms with Crippen molar-refractivity contribution in [3.05, 3.63) is 64.4 Å². The van der Waals surface area contributed by atoms with Gasteiger partial charge in [0.05, 0.1) is 28.6 Å². The molecule has 9 heteroatoms. The van der Waals surface area contributed by atoms with E-state index in [9.17, 15) is 4.39 Å². The number of nitrogens with one attached hydrogen (secondary N) is 2. The van der Waals surface area contributed by atoms with Gasteiger partial charge >= 0.3 is 0 Å². The van der Waals surface area contributed by atoms with Crippen molar-refractivity contribution in [3.8, 4) is 0 Å². The second-order valence-electron chi connectivity index (χ2n) is 6.11. The molecule has 0 spiro atoms. The first-order valence-electron chi connectivity index (χ1n) is 8.51. The van der Waals surface area contributed by atoms with E-state index in [1.165, 1.54) is 12.1 Å². The molecule has 0 radical (unpaired) electrons. The summed E-state index contributed by atoms with van der Waals surface area (Å²) in [5.74, 6) is -0.242. The predicted octanol–water partition coefficient (Wildman–Crippen LogP) is 3.71. The van der Waals surface area contributed by atoms with Gasteiger partial charge in [0.15, 0.2) is 5.11 Å². The van der Waals surface area contributed by atoms with E-state index in [1.54, 1.807) is 23.0 Å². The number of nitrogens with zero attached hydrogens (tertiary/aromatic N) is 4. The van der Waals surface area contributed by atoms with Crippen LogP contribution in [0.15, 0.2) is 47.3 Å². The highest BCUT2D eigenvalue weighted by Crippen LogP contribution is 2.13. The van der Waals surface area contributed by atoms with E-state index in [-0.39, 0.29) is 5.82 Å². The zero-order valence-electron chi connectivity index (χ0n) is 14.8. The molecule has 0 fully saturated rings. The lowest BCUT2D eigenvalue weighted by atomic mass is 10.2. The zero-order valence-corrected chi connectivity index (χ0v) is 17.2. The largest absolute Gasteiger partial charge is 0.362 e. The topological polar surface area (TPSA) is 59.7 Å². The Balaban J connectivity index is 1.40. The first-order valence-corrected chi connectivity index (χ1v) is 9.71. The molecule has 0 saturated heterocycles. The van der Waals surface area contributed by atoms with Crippen molar-refractivity contribution in [2.45, 2.75) is 26.4 Å². The number of aromatic nitrogens is 4. The molecule has 142 valence electrons. The lowest BCUT2D eigenvalue weighted by Gasteiger charge is -2.09. The number of halogens is 2. The molecular weight excluding hydrogens is 431 g/mol. The Hall–Kier alpha value is -2.26. The molecule has 6 nitrogen and oxygen atoms in total. The third-order valence-corrected chi connectivity index (χ3v) is 4.91. The smallest absolute Gasteiger partial charge is 0.170 e. The Morgan fingerprint density at radius 3 is 2.70 bits per heavy atom. The van der Waals surface area contributed by atoms with Gasteiger partial charge in [0, 0.05) is 25.5 Å². The summed E-state index contributed by atoms with van der Waals surface area (Å²) in [7, 11) is 0. The molecule has 2 heterocycles. The fourth-order valence-electron chi connectivity index (χ4n) is 2.52. The van der Waals surface area contributed by atoms with Crippen LogP contribution in [0.1, 0.15) is 17.7 Å². The van der Waals surface area contributed by atoms with Crippen LogP contribution in [0.5, 0.6) is 0 Å². The average molecular weight is 451 g/mol. The molecule has 2 N–H and O–H groups in total. The lowest BCUT2D eigenvalue weighted by molar-refractivity contribution is 0.570. The first-order chi connectivity index (χ1) is 13.0. The Labute approximate surface area is 170 Å². The normalized spacial score (nSPS) is 10.8. The van der Waals surface area contributed by atoms with Crippen LogP contribution >= 0.6 is 28.1 Å². The van der Waals surface area contributed by atoms with Crippen LogP contribution in [-0.4, -0.2) is 31.2 Å². The van der Waals surface area contributed by atoms with Gasteiger partial charge in [0.25, 0.3) is 0 Å². The molecule has 27 heavy (non-hydrogen) atoms. The quantitative estimate of drug-likeness (QED) is 0.424. The second kappa shape index (κ2) is 9.09. The average Bonchev–Trinajstić information content (AvgIpc) is 3.20. The summed E-state index contributed by atoms with van der Waals surface area (Å²) in [6, 6.07) is 6.38. The van der Waals surface area contributed by atoms with E-state index in [4.69, 9.17) is 12.2 Å². The molecule has 0 aliphatic heterocycles. The van der Waals surface area contributed by atoms with Gasteiger partial charge in [-0.25, -0.2) is 4.39 Å². The van der Waals surface area contributed by atoms with E-state index in [2.05, 4.69) is 36.8 Å². The number of thiocarbonyl (C=S) groups is 1. The molecular formula is C18H20BrFN6S. The molecule has 2 aromatic heterocycles. The van der Waals surface area contributed by atoms with E-state index in [1.807, 2.05) is 24.0 Å². The van der Waals surface area contributed by atoms with Crippen molar-refractivity contribution < 1.29 is 4.39 Å². The van der Waals surface area contributed by atoms with Crippen molar-refractivity contribution in [2.24, 2.45) is 0 Å². The van der Waals surface area contributed by atoms with Gasteiger partial charge in [-0.15, -0.1) is 0 Å². The van der Waals surface area contributed by atoms with Crippen molar-refractivity contribution >= 4 is 38.9 Å². The van der Waals surface area contributed by atoms with Crippen molar-refractivity contribution in [3.63, 3.8) is 0 Å². The number of anilines is 1. The molecule has 3 aromatic rings. The second-order valence-corrected chi connectivity index (χ2v) is 7.38. The molecule has 3 rings (SSSR count). The maximum Gasteiger partial charge on any atom is 0.170 e. The maximum atomic E-state index is 13.0. The van der Waals surface area contributed by atoms with Crippen LogP contribution < -0.4 is 10.6 Å². The molecule has 0 aliphatic carbocycles. The van der Waals surface area contributed by atoms with Gasteiger partial charge in [-0.3, -0.25) is 9.36 Å². The fourth-order valence-corrected chi connectivity index (χ4v) is 3.05. The van der Waals surface area contributed by atoms with E-state index in [0.717, 1.165) is 40.9 Å². The predicted molar refractivity (Wildman–Crippen MR) is 111 cm³/mol. The highest BCUT2D eigenvalue weighted by molar-refractivity contribution is 9.10. The summed E-state index contributed by atoms with van der Waals surface area (Å²) in [5.41, 5.74) is 2.77.